The Morgan fingerprint density at radius 3 is 2.28 bits per heavy atom. The minimum absolute atomic E-state index is 0.363. The van der Waals surface area contributed by atoms with E-state index in [-0.39, 0.29) is 0 Å². The van der Waals surface area contributed by atoms with Crippen molar-refractivity contribution in [3.05, 3.63) is 35.9 Å². The van der Waals surface area contributed by atoms with E-state index in [1.165, 1.54) is 44.3 Å². The van der Waals surface area contributed by atoms with Crippen molar-refractivity contribution in [2.75, 3.05) is 32.7 Å². The Bertz CT molecular complexity index is 576. The topological polar surface area (TPSA) is 26.8 Å². The van der Waals surface area contributed by atoms with Gasteiger partial charge in [-0.2, -0.15) is 0 Å². The van der Waals surface area contributed by atoms with Crippen molar-refractivity contribution in [1.29, 1.82) is 0 Å². The standard InChI is InChI=1S/C21H31N3O/c25-21-11-6-13-23(21)16-15-22-12-4-9-19(22)20-10-5-14-24(20)17-18-7-2-1-3-8-18/h1-3,7-8,19-20H,4-6,9-17H2/t19-,20+/m0/s1. The Morgan fingerprint density at radius 2 is 1.56 bits per heavy atom. The van der Waals surface area contributed by atoms with Crippen LogP contribution in [-0.2, 0) is 11.3 Å². The van der Waals surface area contributed by atoms with Gasteiger partial charge < -0.3 is 4.90 Å². The second-order valence-electron chi connectivity index (χ2n) is 7.90. The third-order valence-electron chi connectivity index (χ3n) is 6.33. The molecule has 0 bridgehead atoms. The van der Waals surface area contributed by atoms with E-state index >= 15 is 0 Å². The number of hydrogen-bond acceptors (Lipinski definition) is 3. The quantitative estimate of drug-likeness (QED) is 0.796. The van der Waals surface area contributed by atoms with Crippen molar-refractivity contribution in [2.45, 2.75) is 57.2 Å². The predicted octanol–water partition coefficient (Wildman–Crippen LogP) is 2.74. The molecule has 4 heteroatoms. The summed E-state index contributed by atoms with van der Waals surface area (Å²) in [5.41, 5.74) is 1.43. The number of rotatable bonds is 6. The molecule has 0 saturated carbocycles. The first-order valence-electron chi connectivity index (χ1n) is 10.1. The van der Waals surface area contributed by atoms with Crippen molar-refractivity contribution in [3.8, 4) is 0 Å². The molecule has 4 rings (SSSR count). The highest BCUT2D eigenvalue weighted by Crippen LogP contribution is 2.31. The number of carbonyl (C=O) groups excluding carboxylic acids is 1. The van der Waals surface area contributed by atoms with Gasteiger partial charge in [-0.1, -0.05) is 30.3 Å². The maximum atomic E-state index is 11.9. The molecule has 136 valence electrons. The monoisotopic (exact) mass is 341 g/mol. The third-order valence-corrected chi connectivity index (χ3v) is 6.33. The first-order chi connectivity index (χ1) is 12.3. The Balaban J connectivity index is 1.36. The van der Waals surface area contributed by atoms with Gasteiger partial charge in [0.2, 0.25) is 5.91 Å². The lowest BCUT2D eigenvalue weighted by Crippen LogP contribution is -2.47. The fraction of sp³-hybridized carbons (Fsp3) is 0.667. The molecular formula is C21H31N3O. The number of likely N-dealkylation sites (tertiary alicyclic amines) is 3. The first kappa shape index (κ1) is 17.0. The molecule has 0 unspecified atom stereocenters. The van der Waals surface area contributed by atoms with Gasteiger partial charge in [0.05, 0.1) is 0 Å². The summed E-state index contributed by atoms with van der Waals surface area (Å²) in [5.74, 6) is 0.363. The highest BCUT2D eigenvalue weighted by Gasteiger charge is 2.37. The molecule has 0 aliphatic carbocycles. The van der Waals surface area contributed by atoms with Crippen LogP contribution in [-0.4, -0.2) is 65.4 Å². The minimum Gasteiger partial charge on any atom is -0.341 e. The minimum atomic E-state index is 0.363. The lowest BCUT2D eigenvalue weighted by Gasteiger charge is -2.35. The largest absolute Gasteiger partial charge is 0.341 e. The molecule has 4 nitrogen and oxygen atoms in total. The fourth-order valence-electron chi connectivity index (χ4n) is 5.06. The highest BCUT2D eigenvalue weighted by molar-refractivity contribution is 5.78. The zero-order chi connectivity index (χ0) is 17.1. The summed E-state index contributed by atoms with van der Waals surface area (Å²) >= 11 is 0. The van der Waals surface area contributed by atoms with E-state index in [4.69, 9.17) is 0 Å². The number of benzene rings is 1. The van der Waals surface area contributed by atoms with Crippen LogP contribution < -0.4 is 0 Å². The average Bonchev–Trinajstić information content (AvgIpc) is 3.35. The third kappa shape index (κ3) is 3.90. The summed E-state index contributed by atoms with van der Waals surface area (Å²) in [4.78, 5) is 19.3. The predicted molar refractivity (Wildman–Crippen MR) is 100 cm³/mol. The van der Waals surface area contributed by atoms with Crippen molar-refractivity contribution in [2.24, 2.45) is 0 Å². The van der Waals surface area contributed by atoms with E-state index in [0.717, 1.165) is 39.0 Å². The Labute approximate surface area is 151 Å². The van der Waals surface area contributed by atoms with Gasteiger partial charge >= 0.3 is 0 Å². The van der Waals surface area contributed by atoms with Crippen molar-refractivity contribution in [1.82, 2.24) is 14.7 Å². The van der Waals surface area contributed by atoms with Crippen LogP contribution in [0.1, 0.15) is 44.1 Å². The van der Waals surface area contributed by atoms with Gasteiger partial charge in [0.15, 0.2) is 0 Å². The molecule has 3 aliphatic heterocycles. The molecule has 3 fully saturated rings. The van der Waals surface area contributed by atoms with Crippen molar-refractivity contribution in [3.63, 3.8) is 0 Å². The van der Waals surface area contributed by atoms with Crippen LogP contribution in [0.5, 0.6) is 0 Å². The molecule has 0 spiro atoms. The van der Waals surface area contributed by atoms with E-state index in [1.54, 1.807) is 0 Å². The SMILES string of the molecule is O=C1CCCN1CCN1CCC[C@H]1[C@H]1CCCN1Cc1ccccc1. The van der Waals surface area contributed by atoms with Gasteiger partial charge in [0, 0.05) is 44.7 Å². The molecule has 1 amide bonds. The molecule has 0 radical (unpaired) electrons. The van der Waals surface area contributed by atoms with Crippen LogP contribution in [0.4, 0.5) is 0 Å². The summed E-state index contributed by atoms with van der Waals surface area (Å²) in [5, 5.41) is 0. The van der Waals surface area contributed by atoms with Crippen LogP contribution in [0.3, 0.4) is 0 Å². The lowest BCUT2D eigenvalue weighted by molar-refractivity contribution is -0.127. The fourth-order valence-corrected chi connectivity index (χ4v) is 5.06. The molecule has 3 aliphatic rings. The summed E-state index contributed by atoms with van der Waals surface area (Å²) in [6.45, 7) is 6.49. The number of amides is 1. The highest BCUT2D eigenvalue weighted by atomic mass is 16.2. The summed E-state index contributed by atoms with van der Waals surface area (Å²) < 4.78 is 0. The van der Waals surface area contributed by atoms with E-state index in [2.05, 4.69) is 45.0 Å². The molecule has 25 heavy (non-hydrogen) atoms. The smallest absolute Gasteiger partial charge is 0.222 e. The van der Waals surface area contributed by atoms with Crippen molar-refractivity contribution >= 4 is 5.91 Å². The van der Waals surface area contributed by atoms with Crippen LogP contribution in [0, 0.1) is 0 Å². The number of hydrogen-bond donors (Lipinski definition) is 0. The zero-order valence-corrected chi connectivity index (χ0v) is 15.3. The Hall–Kier alpha value is -1.39. The first-order valence-corrected chi connectivity index (χ1v) is 10.1. The number of nitrogens with zero attached hydrogens (tertiary/aromatic N) is 3. The van der Waals surface area contributed by atoms with Gasteiger partial charge in [-0.25, -0.2) is 0 Å². The second kappa shape index (κ2) is 7.88. The maximum Gasteiger partial charge on any atom is 0.222 e. The molecule has 2 atom stereocenters. The van der Waals surface area contributed by atoms with E-state index in [0.29, 0.717) is 18.0 Å². The van der Waals surface area contributed by atoms with Crippen LogP contribution in [0.2, 0.25) is 0 Å². The molecule has 0 N–H and O–H groups in total. The zero-order valence-electron chi connectivity index (χ0n) is 15.3. The lowest BCUT2D eigenvalue weighted by atomic mass is 10.0. The van der Waals surface area contributed by atoms with E-state index < -0.39 is 0 Å². The van der Waals surface area contributed by atoms with Gasteiger partial charge in [0.1, 0.15) is 0 Å². The van der Waals surface area contributed by atoms with Gasteiger partial charge in [-0.05, 0) is 50.8 Å². The molecule has 3 saturated heterocycles. The number of carbonyl (C=O) groups is 1. The van der Waals surface area contributed by atoms with E-state index in [1.807, 2.05) is 0 Å². The van der Waals surface area contributed by atoms with Crippen LogP contribution in [0.15, 0.2) is 30.3 Å². The molecule has 0 aromatic heterocycles. The summed E-state index contributed by atoms with van der Waals surface area (Å²) in [6.07, 6.45) is 7.11. The van der Waals surface area contributed by atoms with Crippen molar-refractivity contribution < 1.29 is 4.79 Å². The average molecular weight is 341 g/mol. The van der Waals surface area contributed by atoms with Gasteiger partial charge in [-0.15, -0.1) is 0 Å². The molecule has 3 heterocycles. The van der Waals surface area contributed by atoms with Crippen LogP contribution in [0.25, 0.3) is 0 Å². The second-order valence-corrected chi connectivity index (χ2v) is 7.90. The normalized spacial score (nSPS) is 28.3. The summed E-state index contributed by atoms with van der Waals surface area (Å²) in [6, 6.07) is 12.3. The summed E-state index contributed by atoms with van der Waals surface area (Å²) in [7, 11) is 0. The maximum absolute atomic E-state index is 11.9. The Morgan fingerprint density at radius 1 is 0.840 bits per heavy atom. The van der Waals surface area contributed by atoms with Crippen LogP contribution >= 0.6 is 0 Å². The van der Waals surface area contributed by atoms with Gasteiger partial charge in [-0.3, -0.25) is 14.6 Å². The van der Waals surface area contributed by atoms with E-state index in [9.17, 15) is 4.79 Å². The molecule has 1 aromatic rings. The Kier molecular flexibility index (Phi) is 5.37. The molecule has 1 aromatic carbocycles. The molecular weight excluding hydrogens is 310 g/mol. The van der Waals surface area contributed by atoms with Gasteiger partial charge in [0.25, 0.3) is 0 Å².